The van der Waals surface area contributed by atoms with Crippen molar-refractivity contribution in [1.82, 2.24) is 0 Å². The van der Waals surface area contributed by atoms with E-state index in [-0.39, 0.29) is 28.6 Å². The Morgan fingerprint density at radius 1 is 1.25 bits per heavy atom. The highest BCUT2D eigenvalue weighted by molar-refractivity contribution is 8.13. The number of phenols is 1. The van der Waals surface area contributed by atoms with Crippen molar-refractivity contribution in [1.29, 1.82) is 0 Å². The number of benzene rings is 1. The standard InChI is InChI=1S/C14H18O5S/c1-8(15)11-7-10(3-4-12(11)17)14(19)13(18)5-6-20-9(2)16/h3-4,7,13-14,17-19H,5-6H2,1-2H3. The zero-order chi connectivity index (χ0) is 15.3. The molecule has 0 fully saturated rings. The third kappa shape index (κ3) is 4.63. The number of aromatic hydroxyl groups is 1. The second-order valence-corrected chi connectivity index (χ2v) is 5.75. The summed E-state index contributed by atoms with van der Waals surface area (Å²) in [6.45, 7) is 2.75. The van der Waals surface area contributed by atoms with E-state index in [1.54, 1.807) is 0 Å². The van der Waals surface area contributed by atoms with Crippen molar-refractivity contribution in [2.75, 3.05) is 5.75 Å². The van der Waals surface area contributed by atoms with Crippen LogP contribution in [0, 0.1) is 0 Å². The molecule has 0 radical (unpaired) electrons. The van der Waals surface area contributed by atoms with Crippen molar-refractivity contribution in [3.05, 3.63) is 29.3 Å². The largest absolute Gasteiger partial charge is 0.507 e. The summed E-state index contributed by atoms with van der Waals surface area (Å²) in [6.07, 6.45) is -1.95. The van der Waals surface area contributed by atoms with Crippen molar-refractivity contribution in [3.63, 3.8) is 0 Å². The smallest absolute Gasteiger partial charge is 0.185 e. The summed E-state index contributed by atoms with van der Waals surface area (Å²) < 4.78 is 0. The van der Waals surface area contributed by atoms with Gasteiger partial charge in [0.1, 0.15) is 11.9 Å². The summed E-state index contributed by atoms with van der Waals surface area (Å²) in [6, 6.07) is 4.13. The van der Waals surface area contributed by atoms with E-state index < -0.39 is 12.2 Å². The van der Waals surface area contributed by atoms with Gasteiger partial charge in [0.25, 0.3) is 0 Å². The summed E-state index contributed by atoms with van der Waals surface area (Å²) in [4.78, 5) is 22.1. The summed E-state index contributed by atoms with van der Waals surface area (Å²) in [7, 11) is 0. The fourth-order valence-corrected chi connectivity index (χ4v) is 2.37. The molecule has 0 amide bonds. The molecule has 0 saturated heterocycles. The number of hydrogen-bond acceptors (Lipinski definition) is 6. The van der Waals surface area contributed by atoms with Crippen LogP contribution in [0.1, 0.15) is 42.3 Å². The SMILES string of the molecule is CC(=O)SCCC(O)C(O)c1ccc(O)c(C(C)=O)c1. The van der Waals surface area contributed by atoms with Gasteiger partial charge in [-0.25, -0.2) is 0 Å². The average molecular weight is 298 g/mol. The Balaban J connectivity index is 2.76. The van der Waals surface area contributed by atoms with Gasteiger partial charge in [-0.3, -0.25) is 9.59 Å². The van der Waals surface area contributed by atoms with Gasteiger partial charge in [-0.15, -0.1) is 0 Å². The maximum absolute atomic E-state index is 11.3. The summed E-state index contributed by atoms with van der Waals surface area (Å²) in [5.41, 5.74) is 0.459. The van der Waals surface area contributed by atoms with Gasteiger partial charge in [0.2, 0.25) is 0 Å². The highest BCUT2D eigenvalue weighted by Gasteiger charge is 2.20. The molecule has 0 aliphatic heterocycles. The molecule has 5 nitrogen and oxygen atoms in total. The lowest BCUT2D eigenvalue weighted by Crippen LogP contribution is -2.19. The number of Topliss-reactive ketones (excluding diaryl/α,β-unsaturated/α-hetero) is 1. The molecule has 1 aromatic rings. The molecule has 1 rings (SSSR count). The topological polar surface area (TPSA) is 94.8 Å². The normalized spacial score (nSPS) is 13.8. The van der Waals surface area contributed by atoms with E-state index in [1.807, 2.05) is 0 Å². The molecule has 0 bridgehead atoms. The number of aliphatic hydroxyl groups excluding tert-OH is 2. The number of hydrogen-bond donors (Lipinski definition) is 3. The Morgan fingerprint density at radius 2 is 1.90 bits per heavy atom. The van der Waals surface area contributed by atoms with Crippen LogP contribution in [0.4, 0.5) is 0 Å². The first-order valence-electron chi connectivity index (χ1n) is 6.16. The number of thioether (sulfide) groups is 1. The maximum atomic E-state index is 11.3. The molecule has 3 N–H and O–H groups in total. The number of phenolic OH excluding ortho intramolecular Hbond substituents is 1. The predicted molar refractivity (Wildman–Crippen MR) is 76.8 cm³/mol. The van der Waals surface area contributed by atoms with Crippen LogP contribution >= 0.6 is 11.8 Å². The first kappa shape index (κ1) is 16.7. The minimum absolute atomic E-state index is 0.0461. The molecule has 0 aliphatic carbocycles. The van der Waals surface area contributed by atoms with Crippen LogP contribution in [0.5, 0.6) is 5.75 Å². The molecule has 0 aliphatic rings. The average Bonchev–Trinajstić information content (AvgIpc) is 2.37. The van der Waals surface area contributed by atoms with E-state index in [9.17, 15) is 24.9 Å². The van der Waals surface area contributed by atoms with Crippen molar-refractivity contribution in [2.45, 2.75) is 32.5 Å². The zero-order valence-electron chi connectivity index (χ0n) is 11.4. The summed E-state index contributed by atoms with van der Waals surface area (Å²) in [5, 5.41) is 29.4. The molecule has 2 atom stereocenters. The van der Waals surface area contributed by atoms with Crippen molar-refractivity contribution in [2.24, 2.45) is 0 Å². The van der Waals surface area contributed by atoms with E-state index >= 15 is 0 Å². The van der Waals surface area contributed by atoms with Crippen LogP contribution < -0.4 is 0 Å². The predicted octanol–water partition coefficient (Wildman–Crippen LogP) is 1.66. The van der Waals surface area contributed by atoms with Gasteiger partial charge in [0.05, 0.1) is 11.7 Å². The summed E-state index contributed by atoms with van der Waals surface area (Å²) >= 11 is 1.08. The van der Waals surface area contributed by atoms with Gasteiger partial charge in [-0.1, -0.05) is 17.8 Å². The van der Waals surface area contributed by atoms with Crippen LogP contribution in [-0.4, -0.2) is 38.1 Å². The highest BCUT2D eigenvalue weighted by atomic mass is 32.2. The van der Waals surface area contributed by atoms with Crippen molar-refractivity contribution >= 4 is 22.7 Å². The Bertz CT molecular complexity index is 500. The van der Waals surface area contributed by atoms with Gasteiger partial charge < -0.3 is 15.3 Å². The Morgan fingerprint density at radius 3 is 2.45 bits per heavy atom. The lowest BCUT2D eigenvalue weighted by atomic mass is 9.99. The lowest BCUT2D eigenvalue weighted by Gasteiger charge is -2.18. The number of ketones is 1. The molecule has 0 saturated carbocycles. The van der Waals surface area contributed by atoms with Crippen LogP contribution in [0.25, 0.3) is 0 Å². The number of carbonyl (C=O) groups is 2. The second kappa shape index (κ2) is 7.42. The highest BCUT2D eigenvalue weighted by Crippen LogP contribution is 2.26. The second-order valence-electron chi connectivity index (χ2n) is 4.47. The van der Waals surface area contributed by atoms with Gasteiger partial charge in [0, 0.05) is 12.7 Å². The minimum Gasteiger partial charge on any atom is -0.507 e. The number of aliphatic hydroxyl groups is 2. The van der Waals surface area contributed by atoms with Gasteiger partial charge in [-0.05, 0) is 31.0 Å². The molecule has 0 aromatic heterocycles. The number of carbonyl (C=O) groups excluding carboxylic acids is 2. The molecule has 0 heterocycles. The van der Waals surface area contributed by atoms with Crippen molar-refractivity contribution in [3.8, 4) is 5.75 Å². The molecule has 0 spiro atoms. The Hall–Kier alpha value is -1.37. The van der Waals surface area contributed by atoms with Crippen molar-refractivity contribution < 1.29 is 24.9 Å². The van der Waals surface area contributed by atoms with Crippen LogP contribution in [0.3, 0.4) is 0 Å². The molecular weight excluding hydrogens is 280 g/mol. The van der Waals surface area contributed by atoms with E-state index in [0.717, 1.165) is 11.8 Å². The van der Waals surface area contributed by atoms with Crippen LogP contribution in [0.15, 0.2) is 18.2 Å². The molecule has 6 heteroatoms. The van der Waals surface area contributed by atoms with Crippen LogP contribution in [-0.2, 0) is 4.79 Å². The van der Waals surface area contributed by atoms with Gasteiger partial charge >= 0.3 is 0 Å². The van der Waals surface area contributed by atoms with Gasteiger partial charge in [-0.2, -0.15) is 0 Å². The van der Waals surface area contributed by atoms with E-state index in [4.69, 9.17) is 0 Å². The maximum Gasteiger partial charge on any atom is 0.185 e. The molecule has 1 aromatic carbocycles. The lowest BCUT2D eigenvalue weighted by molar-refractivity contribution is -0.109. The van der Waals surface area contributed by atoms with E-state index in [0.29, 0.717) is 11.3 Å². The first-order chi connectivity index (χ1) is 9.32. The van der Waals surface area contributed by atoms with E-state index in [1.165, 1.54) is 32.0 Å². The Kier molecular flexibility index (Phi) is 6.19. The Labute approximate surface area is 121 Å². The molecule has 2 unspecified atom stereocenters. The fraction of sp³-hybridized carbons (Fsp3) is 0.429. The quantitative estimate of drug-likeness (QED) is 0.691. The fourth-order valence-electron chi connectivity index (χ4n) is 1.72. The molecular formula is C14H18O5S. The third-order valence-corrected chi connectivity index (χ3v) is 3.67. The minimum atomic E-state index is -1.17. The monoisotopic (exact) mass is 298 g/mol. The molecule has 110 valence electrons. The summed E-state index contributed by atoms with van der Waals surface area (Å²) in [5.74, 6) is -0.0705. The van der Waals surface area contributed by atoms with Gasteiger partial charge in [0.15, 0.2) is 10.9 Å². The molecule has 20 heavy (non-hydrogen) atoms. The zero-order valence-corrected chi connectivity index (χ0v) is 12.2. The third-order valence-electron chi connectivity index (χ3n) is 2.82. The number of rotatable bonds is 6. The van der Waals surface area contributed by atoms with E-state index in [2.05, 4.69) is 0 Å². The van der Waals surface area contributed by atoms with Crippen LogP contribution in [0.2, 0.25) is 0 Å². The first-order valence-corrected chi connectivity index (χ1v) is 7.14.